The van der Waals surface area contributed by atoms with Crippen LogP contribution < -0.4 is 0 Å². The first-order valence-corrected chi connectivity index (χ1v) is 14.4. The van der Waals surface area contributed by atoms with E-state index in [0.29, 0.717) is 0 Å². The predicted octanol–water partition coefficient (Wildman–Crippen LogP) is 11.7. The summed E-state index contributed by atoms with van der Waals surface area (Å²) in [5.41, 5.74) is 9.26. The van der Waals surface area contributed by atoms with Gasteiger partial charge in [0.05, 0.1) is 0 Å². The van der Waals surface area contributed by atoms with Crippen molar-refractivity contribution in [2.45, 2.75) is 20.8 Å². The molecular weight excluding hydrogens is 492 g/mol. The van der Waals surface area contributed by atoms with Crippen LogP contribution >= 0.6 is 0 Å². The fourth-order valence-corrected chi connectivity index (χ4v) is 7.26. The summed E-state index contributed by atoms with van der Waals surface area (Å²) in [5, 5.41) is 12.9. The van der Waals surface area contributed by atoms with Gasteiger partial charge in [-0.25, -0.2) is 0 Å². The Morgan fingerprint density at radius 3 is 1.49 bits per heavy atom. The lowest BCUT2D eigenvalue weighted by Gasteiger charge is -2.21. The van der Waals surface area contributed by atoms with Gasteiger partial charge in [-0.3, -0.25) is 0 Å². The van der Waals surface area contributed by atoms with Crippen molar-refractivity contribution in [3.63, 3.8) is 0 Å². The Morgan fingerprint density at radius 1 is 0.317 bits per heavy atom. The number of aryl methyl sites for hydroxylation is 3. The minimum atomic E-state index is 1.28. The second kappa shape index (κ2) is 9.04. The Bertz CT molecular complexity index is 2250. The average molecular weight is 523 g/mol. The molecule has 0 amide bonds. The van der Waals surface area contributed by atoms with Crippen LogP contribution in [0.1, 0.15) is 16.7 Å². The summed E-state index contributed by atoms with van der Waals surface area (Å²) < 4.78 is 0. The molecular formula is C41H30. The molecule has 0 heteroatoms. The maximum Gasteiger partial charge on any atom is -0.00201 e. The third kappa shape index (κ3) is 3.61. The van der Waals surface area contributed by atoms with Crippen LogP contribution in [0.5, 0.6) is 0 Å². The zero-order valence-electron chi connectivity index (χ0n) is 23.6. The molecule has 0 aromatic heterocycles. The lowest BCUT2D eigenvalue weighted by atomic mass is 9.82. The Labute approximate surface area is 240 Å². The predicted molar refractivity (Wildman–Crippen MR) is 179 cm³/mol. The SMILES string of the molecule is Cc1cc(C)c(-c2c3ccccc3c(-c3cccc4c3ccc3cc5ccccc5cc34)c3ccccc23)c(C)c1. The van der Waals surface area contributed by atoms with Crippen molar-refractivity contribution in [2.24, 2.45) is 0 Å². The largest absolute Gasteiger partial charge is 0.0616 e. The maximum absolute atomic E-state index is 2.36. The van der Waals surface area contributed by atoms with Crippen LogP contribution in [0.4, 0.5) is 0 Å². The number of hydrogen-bond donors (Lipinski definition) is 0. The van der Waals surface area contributed by atoms with E-state index in [4.69, 9.17) is 0 Å². The van der Waals surface area contributed by atoms with Crippen molar-refractivity contribution in [1.29, 1.82) is 0 Å². The Kier molecular flexibility index (Phi) is 5.27. The van der Waals surface area contributed by atoms with E-state index < -0.39 is 0 Å². The van der Waals surface area contributed by atoms with E-state index in [9.17, 15) is 0 Å². The van der Waals surface area contributed by atoms with Crippen molar-refractivity contribution >= 4 is 53.9 Å². The first kappa shape index (κ1) is 23.9. The summed E-state index contributed by atoms with van der Waals surface area (Å²) in [6.07, 6.45) is 0. The van der Waals surface area contributed by atoms with Gasteiger partial charge in [0.2, 0.25) is 0 Å². The van der Waals surface area contributed by atoms with Gasteiger partial charge in [-0.05, 0) is 120 Å². The van der Waals surface area contributed by atoms with Crippen LogP contribution in [-0.4, -0.2) is 0 Å². The zero-order chi connectivity index (χ0) is 27.7. The molecule has 0 N–H and O–H groups in total. The molecule has 8 aromatic rings. The summed E-state index contributed by atoms with van der Waals surface area (Å²) in [5.74, 6) is 0. The first-order chi connectivity index (χ1) is 20.1. The maximum atomic E-state index is 2.36. The second-order valence-electron chi connectivity index (χ2n) is 11.5. The van der Waals surface area contributed by atoms with Crippen LogP contribution in [-0.2, 0) is 0 Å². The highest BCUT2D eigenvalue weighted by Crippen LogP contribution is 2.47. The standard InChI is InChI=1S/C41H30/c1-25-21-26(2)39(27(3)22-25)41-36-15-8-6-13-34(36)40(35-14-7-9-16-37(35)41)33-18-10-17-31-32(33)20-19-30-23-28-11-4-5-12-29(28)24-38(30)31/h4-24H,1-3H3. The fraction of sp³-hybridized carbons (Fsp3) is 0.0732. The zero-order valence-corrected chi connectivity index (χ0v) is 23.6. The molecule has 0 saturated carbocycles. The van der Waals surface area contributed by atoms with Gasteiger partial charge < -0.3 is 0 Å². The summed E-state index contributed by atoms with van der Waals surface area (Å²) in [6, 6.07) is 47.4. The molecule has 0 bridgehead atoms. The quantitative estimate of drug-likeness (QED) is 0.156. The Balaban J connectivity index is 1.52. The molecule has 0 spiro atoms. The van der Waals surface area contributed by atoms with Gasteiger partial charge in [0.25, 0.3) is 0 Å². The van der Waals surface area contributed by atoms with E-state index in [2.05, 4.69) is 148 Å². The fourth-order valence-electron chi connectivity index (χ4n) is 7.26. The molecule has 0 saturated heterocycles. The smallest absolute Gasteiger partial charge is 0.00201 e. The van der Waals surface area contributed by atoms with Crippen molar-refractivity contribution in [2.75, 3.05) is 0 Å². The van der Waals surface area contributed by atoms with Crippen LogP contribution in [0.15, 0.2) is 127 Å². The molecule has 0 fully saturated rings. The first-order valence-electron chi connectivity index (χ1n) is 14.4. The monoisotopic (exact) mass is 522 g/mol. The molecule has 0 nitrogen and oxygen atoms in total. The molecule has 0 aliphatic carbocycles. The van der Waals surface area contributed by atoms with Crippen LogP contribution in [0, 0.1) is 20.8 Å². The molecule has 0 heterocycles. The van der Waals surface area contributed by atoms with Crippen molar-refractivity contribution in [1.82, 2.24) is 0 Å². The average Bonchev–Trinajstić information content (AvgIpc) is 2.99. The molecule has 194 valence electrons. The minimum absolute atomic E-state index is 1.28. The topological polar surface area (TPSA) is 0 Å². The van der Waals surface area contributed by atoms with Crippen LogP contribution in [0.3, 0.4) is 0 Å². The molecule has 0 aliphatic heterocycles. The van der Waals surface area contributed by atoms with Gasteiger partial charge in [-0.1, -0.05) is 121 Å². The van der Waals surface area contributed by atoms with Gasteiger partial charge >= 0.3 is 0 Å². The summed E-state index contributed by atoms with van der Waals surface area (Å²) in [7, 11) is 0. The lowest BCUT2D eigenvalue weighted by molar-refractivity contribution is 1.33. The van der Waals surface area contributed by atoms with Gasteiger partial charge in [-0.15, -0.1) is 0 Å². The van der Waals surface area contributed by atoms with Crippen molar-refractivity contribution in [3.8, 4) is 22.3 Å². The molecule has 8 aromatic carbocycles. The highest BCUT2D eigenvalue weighted by atomic mass is 14.2. The van der Waals surface area contributed by atoms with E-state index in [-0.39, 0.29) is 0 Å². The number of benzene rings is 8. The lowest BCUT2D eigenvalue weighted by Crippen LogP contribution is -1.95. The van der Waals surface area contributed by atoms with E-state index in [1.807, 2.05) is 0 Å². The van der Waals surface area contributed by atoms with E-state index in [0.717, 1.165) is 0 Å². The molecule has 41 heavy (non-hydrogen) atoms. The summed E-state index contributed by atoms with van der Waals surface area (Å²) in [4.78, 5) is 0. The molecule has 0 atom stereocenters. The summed E-state index contributed by atoms with van der Waals surface area (Å²) in [6.45, 7) is 6.70. The van der Waals surface area contributed by atoms with Gasteiger partial charge in [-0.2, -0.15) is 0 Å². The van der Waals surface area contributed by atoms with Crippen LogP contribution in [0.25, 0.3) is 76.1 Å². The number of hydrogen-bond acceptors (Lipinski definition) is 0. The normalized spacial score (nSPS) is 11.8. The Hall–Kier alpha value is -4.94. The summed E-state index contributed by atoms with van der Waals surface area (Å²) >= 11 is 0. The highest BCUT2D eigenvalue weighted by molar-refractivity contribution is 6.25. The van der Waals surface area contributed by atoms with E-state index >= 15 is 0 Å². The Morgan fingerprint density at radius 2 is 0.854 bits per heavy atom. The molecule has 0 radical (unpaired) electrons. The molecule has 8 rings (SSSR count). The van der Waals surface area contributed by atoms with Gasteiger partial charge in [0, 0.05) is 0 Å². The second-order valence-corrected chi connectivity index (χ2v) is 11.5. The van der Waals surface area contributed by atoms with Gasteiger partial charge in [0.15, 0.2) is 0 Å². The van der Waals surface area contributed by atoms with E-state index in [1.54, 1.807) is 0 Å². The molecule has 0 unspecified atom stereocenters. The van der Waals surface area contributed by atoms with Crippen molar-refractivity contribution < 1.29 is 0 Å². The van der Waals surface area contributed by atoms with Gasteiger partial charge in [0.1, 0.15) is 0 Å². The van der Waals surface area contributed by atoms with Crippen molar-refractivity contribution in [3.05, 3.63) is 144 Å². The third-order valence-corrected chi connectivity index (χ3v) is 8.87. The molecule has 0 aliphatic rings. The van der Waals surface area contributed by atoms with Crippen LogP contribution in [0.2, 0.25) is 0 Å². The third-order valence-electron chi connectivity index (χ3n) is 8.87. The minimum Gasteiger partial charge on any atom is -0.0616 e. The number of fused-ring (bicyclic) bond motifs is 6. The van der Waals surface area contributed by atoms with E-state index in [1.165, 1.54) is 92.8 Å². The number of rotatable bonds is 2. The highest BCUT2D eigenvalue weighted by Gasteiger charge is 2.20.